The fourth-order valence-corrected chi connectivity index (χ4v) is 4.00. The van der Waals surface area contributed by atoms with Crippen LogP contribution < -0.4 is 5.32 Å². The molecular formula is C17H28N4O3S. The minimum absolute atomic E-state index is 0.0460. The summed E-state index contributed by atoms with van der Waals surface area (Å²) in [5, 5.41) is 3.13. The van der Waals surface area contributed by atoms with Gasteiger partial charge in [0.15, 0.2) is 5.96 Å². The van der Waals surface area contributed by atoms with Crippen LogP contribution in [0.4, 0.5) is 0 Å². The van der Waals surface area contributed by atoms with Crippen molar-refractivity contribution in [3.05, 3.63) is 35.4 Å². The summed E-state index contributed by atoms with van der Waals surface area (Å²) in [7, 11) is 0.376. The van der Waals surface area contributed by atoms with Gasteiger partial charge in [-0.2, -0.15) is 4.31 Å². The first-order valence-electron chi connectivity index (χ1n) is 8.45. The lowest BCUT2D eigenvalue weighted by Gasteiger charge is -2.27. The molecule has 0 aliphatic carbocycles. The predicted octanol–water partition coefficient (Wildman–Crippen LogP) is 0.664. The molecule has 1 fully saturated rings. The lowest BCUT2D eigenvalue weighted by molar-refractivity contribution is 0.0730. The van der Waals surface area contributed by atoms with Gasteiger partial charge in [-0.1, -0.05) is 29.8 Å². The SMILES string of the molecule is CN=C(NCCS(=O)(=O)N1CCOCC1)N(C)Cc1ccc(C)cc1. The lowest BCUT2D eigenvalue weighted by atomic mass is 10.1. The minimum atomic E-state index is -3.26. The van der Waals surface area contributed by atoms with E-state index in [1.54, 1.807) is 7.05 Å². The van der Waals surface area contributed by atoms with Crippen molar-refractivity contribution >= 4 is 16.0 Å². The molecule has 1 saturated heterocycles. The second kappa shape index (κ2) is 9.17. The molecule has 1 aromatic rings. The summed E-state index contributed by atoms with van der Waals surface area (Å²) in [6.07, 6.45) is 0. The molecule has 7 nitrogen and oxygen atoms in total. The number of nitrogens with one attached hydrogen (secondary N) is 1. The number of morpholine rings is 1. The van der Waals surface area contributed by atoms with E-state index in [1.165, 1.54) is 15.4 Å². The number of nitrogens with zero attached hydrogens (tertiary/aromatic N) is 3. The van der Waals surface area contributed by atoms with Crippen molar-refractivity contribution in [2.75, 3.05) is 52.7 Å². The zero-order valence-electron chi connectivity index (χ0n) is 15.2. The van der Waals surface area contributed by atoms with Crippen molar-refractivity contribution in [2.24, 2.45) is 4.99 Å². The quantitative estimate of drug-likeness (QED) is 0.590. The van der Waals surface area contributed by atoms with Crippen molar-refractivity contribution in [3.8, 4) is 0 Å². The molecular weight excluding hydrogens is 340 g/mol. The van der Waals surface area contributed by atoms with E-state index in [-0.39, 0.29) is 5.75 Å². The van der Waals surface area contributed by atoms with E-state index in [1.807, 2.05) is 11.9 Å². The van der Waals surface area contributed by atoms with Crippen molar-refractivity contribution in [2.45, 2.75) is 13.5 Å². The predicted molar refractivity (Wildman–Crippen MR) is 100 cm³/mol. The molecule has 2 rings (SSSR count). The second-order valence-corrected chi connectivity index (χ2v) is 8.23. The van der Waals surface area contributed by atoms with E-state index in [0.29, 0.717) is 45.4 Å². The van der Waals surface area contributed by atoms with Gasteiger partial charge in [0.05, 0.1) is 19.0 Å². The number of guanidine groups is 1. The van der Waals surface area contributed by atoms with Crippen LogP contribution in [0.2, 0.25) is 0 Å². The summed E-state index contributed by atoms with van der Waals surface area (Å²) in [6.45, 7) is 4.89. The molecule has 1 N–H and O–H groups in total. The molecule has 25 heavy (non-hydrogen) atoms. The summed E-state index contributed by atoms with van der Waals surface area (Å²) in [4.78, 5) is 6.22. The number of aryl methyl sites for hydroxylation is 1. The summed E-state index contributed by atoms with van der Waals surface area (Å²) < 4.78 is 31.4. The Morgan fingerprint density at radius 1 is 1.28 bits per heavy atom. The standard InChI is InChI=1S/C17H28N4O3S/c1-15-4-6-16(7-5-15)14-20(3)17(18-2)19-8-13-25(22,23)21-9-11-24-12-10-21/h4-7H,8-14H2,1-3H3,(H,18,19). The van der Waals surface area contributed by atoms with Crippen molar-refractivity contribution in [1.29, 1.82) is 0 Å². The monoisotopic (exact) mass is 368 g/mol. The van der Waals surface area contributed by atoms with Crippen LogP contribution in [0.25, 0.3) is 0 Å². The first-order valence-corrected chi connectivity index (χ1v) is 10.1. The summed E-state index contributed by atoms with van der Waals surface area (Å²) in [5.41, 5.74) is 2.40. The normalized spacial score (nSPS) is 16.7. The van der Waals surface area contributed by atoms with Crippen LogP contribution in [-0.2, 0) is 21.3 Å². The topological polar surface area (TPSA) is 74.2 Å². The molecule has 0 radical (unpaired) electrons. The van der Waals surface area contributed by atoms with Crippen LogP contribution in [0.3, 0.4) is 0 Å². The highest BCUT2D eigenvalue weighted by molar-refractivity contribution is 7.89. The second-order valence-electron chi connectivity index (χ2n) is 6.14. The van der Waals surface area contributed by atoms with Crippen LogP contribution in [-0.4, -0.2) is 76.3 Å². The molecule has 0 amide bonds. The highest BCUT2D eigenvalue weighted by Gasteiger charge is 2.23. The molecule has 0 bridgehead atoms. The van der Waals surface area contributed by atoms with Crippen LogP contribution in [0, 0.1) is 6.92 Å². The van der Waals surface area contributed by atoms with Gasteiger partial charge in [0.1, 0.15) is 0 Å². The summed E-state index contributed by atoms with van der Waals surface area (Å²) in [5.74, 6) is 0.724. The van der Waals surface area contributed by atoms with E-state index in [2.05, 4.69) is 41.5 Å². The number of sulfonamides is 1. The molecule has 1 aromatic carbocycles. The third-order valence-electron chi connectivity index (χ3n) is 4.12. The maximum absolute atomic E-state index is 12.3. The van der Waals surface area contributed by atoms with E-state index in [0.717, 1.165) is 0 Å². The summed E-state index contributed by atoms with van der Waals surface area (Å²) in [6, 6.07) is 8.33. The third kappa shape index (κ3) is 5.98. The Hall–Kier alpha value is -1.64. The molecule has 1 aliphatic heterocycles. The van der Waals surface area contributed by atoms with Crippen LogP contribution in [0.5, 0.6) is 0 Å². The first-order chi connectivity index (χ1) is 11.9. The number of aliphatic imine (C=N–C) groups is 1. The van der Waals surface area contributed by atoms with Gasteiger partial charge >= 0.3 is 0 Å². The van der Waals surface area contributed by atoms with E-state index in [9.17, 15) is 8.42 Å². The largest absolute Gasteiger partial charge is 0.379 e. The smallest absolute Gasteiger partial charge is 0.215 e. The molecule has 1 aliphatic rings. The molecule has 0 unspecified atom stereocenters. The number of ether oxygens (including phenoxy) is 1. The maximum Gasteiger partial charge on any atom is 0.215 e. The van der Waals surface area contributed by atoms with Gasteiger partial charge in [-0.25, -0.2) is 8.42 Å². The highest BCUT2D eigenvalue weighted by Crippen LogP contribution is 2.07. The maximum atomic E-state index is 12.3. The Bertz CT molecular complexity index is 668. The molecule has 0 spiro atoms. The van der Waals surface area contributed by atoms with Gasteiger partial charge < -0.3 is 15.0 Å². The first kappa shape index (κ1) is 19.7. The van der Waals surface area contributed by atoms with Crippen LogP contribution in [0.15, 0.2) is 29.3 Å². The Morgan fingerprint density at radius 3 is 2.52 bits per heavy atom. The molecule has 1 heterocycles. The molecule has 0 saturated carbocycles. The number of rotatable bonds is 6. The third-order valence-corrected chi connectivity index (χ3v) is 5.99. The summed E-state index contributed by atoms with van der Waals surface area (Å²) >= 11 is 0. The van der Waals surface area contributed by atoms with Crippen LogP contribution >= 0.6 is 0 Å². The minimum Gasteiger partial charge on any atom is -0.379 e. The molecule has 8 heteroatoms. The number of hydrogen-bond donors (Lipinski definition) is 1. The zero-order valence-corrected chi connectivity index (χ0v) is 16.1. The Labute approximate surface area is 150 Å². The van der Waals surface area contributed by atoms with E-state index in [4.69, 9.17) is 4.74 Å². The Kier molecular flexibility index (Phi) is 7.22. The molecule has 0 aromatic heterocycles. The lowest BCUT2D eigenvalue weighted by Crippen LogP contribution is -2.45. The fraction of sp³-hybridized carbons (Fsp3) is 0.588. The van der Waals surface area contributed by atoms with Gasteiger partial charge in [-0.15, -0.1) is 0 Å². The molecule has 140 valence electrons. The zero-order chi connectivity index (χ0) is 18.3. The van der Waals surface area contributed by atoms with Gasteiger partial charge in [0.2, 0.25) is 10.0 Å². The molecule has 0 atom stereocenters. The van der Waals surface area contributed by atoms with Crippen molar-refractivity contribution in [3.63, 3.8) is 0 Å². The average molecular weight is 369 g/mol. The van der Waals surface area contributed by atoms with E-state index >= 15 is 0 Å². The van der Waals surface area contributed by atoms with Crippen LogP contribution in [0.1, 0.15) is 11.1 Å². The van der Waals surface area contributed by atoms with Crippen molar-refractivity contribution in [1.82, 2.24) is 14.5 Å². The van der Waals surface area contributed by atoms with Gasteiger partial charge in [0, 0.05) is 40.3 Å². The number of benzene rings is 1. The fourth-order valence-electron chi connectivity index (χ4n) is 2.67. The van der Waals surface area contributed by atoms with E-state index < -0.39 is 10.0 Å². The average Bonchev–Trinajstić information content (AvgIpc) is 2.61. The van der Waals surface area contributed by atoms with Gasteiger partial charge in [-0.3, -0.25) is 4.99 Å². The number of hydrogen-bond acceptors (Lipinski definition) is 4. The Morgan fingerprint density at radius 2 is 1.92 bits per heavy atom. The highest BCUT2D eigenvalue weighted by atomic mass is 32.2. The Balaban J connectivity index is 1.83. The van der Waals surface area contributed by atoms with Gasteiger partial charge in [0.25, 0.3) is 0 Å². The van der Waals surface area contributed by atoms with Crippen molar-refractivity contribution < 1.29 is 13.2 Å². The van der Waals surface area contributed by atoms with Gasteiger partial charge in [-0.05, 0) is 12.5 Å².